The molecule has 0 aliphatic heterocycles. The number of hydrogen-bond donors (Lipinski definition) is 0. The Morgan fingerprint density at radius 1 is 0.769 bits per heavy atom. The lowest BCUT2D eigenvalue weighted by molar-refractivity contribution is 0.401. The highest BCUT2D eigenvalue weighted by Gasteiger charge is 2.31. The molecule has 1 unspecified atom stereocenters. The number of para-hydroxylation sites is 2. The minimum Gasteiger partial charge on any atom is -0.405 e. The first-order valence-corrected chi connectivity index (χ1v) is 10.7. The first-order valence-electron chi connectivity index (χ1n) is 8.27. The van der Waals surface area contributed by atoms with Crippen LogP contribution in [-0.2, 0) is 9.98 Å². The third kappa shape index (κ3) is 4.30. The molecule has 0 aromatic heterocycles. The Kier molecular flexibility index (Phi) is 5.41. The average molecular weight is 387 g/mol. The zero-order chi connectivity index (χ0) is 18.6. The lowest BCUT2D eigenvalue weighted by Crippen LogP contribution is -2.19. The summed E-state index contributed by atoms with van der Waals surface area (Å²) in [5.74, 6) is 0.834. The third-order valence-corrected chi connectivity index (χ3v) is 5.48. The van der Waals surface area contributed by atoms with Gasteiger partial charge in [0.2, 0.25) is 0 Å². The number of rotatable bonds is 6. The molecule has 0 heterocycles. The highest BCUT2D eigenvalue weighted by molar-refractivity contribution is 7.82. The van der Waals surface area contributed by atoms with Gasteiger partial charge >= 0.3 is 6.95 Å². The normalized spacial score (nSPS) is 13.7. The summed E-state index contributed by atoms with van der Waals surface area (Å²) in [6.45, 7) is 0.318. The summed E-state index contributed by atoms with van der Waals surface area (Å²) in [7, 11) is 0. The lowest BCUT2D eigenvalue weighted by Gasteiger charge is -2.28. The molecule has 0 aliphatic rings. The van der Waals surface area contributed by atoms with Gasteiger partial charge in [0.15, 0.2) is 0 Å². The van der Waals surface area contributed by atoms with Crippen LogP contribution in [0.2, 0.25) is 0 Å². The maximum absolute atomic E-state index is 12.7. The minimum atomic E-state index is -3.85. The largest absolute Gasteiger partial charge is 0.530 e. The summed E-state index contributed by atoms with van der Waals surface area (Å²) in [5, 5.41) is 0. The Bertz CT molecular complexity index is 911. The van der Waals surface area contributed by atoms with Gasteiger partial charge < -0.3 is 9.05 Å². The Labute approximate surface area is 158 Å². The fourth-order valence-electron chi connectivity index (χ4n) is 2.82. The van der Waals surface area contributed by atoms with Gasteiger partial charge in [0.1, 0.15) is 11.5 Å². The highest BCUT2D eigenvalue weighted by atomic mass is 35.7. The lowest BCUT2D eigenvalue weighted by atomic mass is 9.78. The predicted octanol–water partition coefficient (Wildman–Crippen LogP) is 6.82. The monoisotopic (exact) mass is 386 g/mol. The van der Waals surface area contributed by atoms with E-state index >= 15 is 0 Å². The summed E-state index contributed by atoms with van der Waals surface area (Å²) in [4.78, 5) is 0. The van der Waals surface area contributed by atoms with Crippen LogP contribution in [0.4, 0.5) is 0 Å². The van der Waals surface area contributed by atoms with E-state index in [9.17, 15) is 4.57 Å². The smallest absolute Gasteiger partial charge is 0.405 e. The molecule has 0 N–H and O–H groups in total. The first-order chi connectivity index (χ1) is 12.4. The van der Waals surface area contributed by atoms with Gasteiger partial charge in [0.25, 0.3) is 0 Å². The fourth-order valence-corrected chi connectivity index (χ4v) is 4.08. The second-order valence-electron chi connectivity index (χ2n) is 6.41. The molecule has 26 heavy (non-hydrogen) atoms. The van der Waals surface area contributed by atoms with Crippen LogP contribution in [-0.4, -0.2) is 0 Å². The van der Waals surface area contributed by atoms with E-state index in [1.54, 1.807) is 30.3 Å². The molecule has 5 heteroatoms. The molecule has 1 atom stereocenters. The second kappa shape index (κ2) is 7.57. The van der Waals surface area contributed by atoms with Crippen LogP contribution < -0.4 is 9.05 Å². The zero-order valence-electron chi connectivity index (χ0n) is 14.6. The molecule has 0 saturated carbocycles. The van der Waals surface area contributed by atoms with Crippen molar-refractivity contribution in [2.45, 2.75) is 19.3 Å². The fraction of sp³-hybridized carbons (Fsp3) is 0.143. The molecule has 0 fully saturated rings. The van der Waals surface area contributed by atoms with Gasteiger partial charge in [-0.05, 0) is 23.8 Å². The summed E-state index contributed by atoms with van der Waals surface area (Å²) < 4.78 is 23.7. The highest BCUT2D eigenvalue weighted by Crippen LogP contribution is 2.54. The molecule has 3 aromatic carbocycles. The van der Waals surface area contributed by atoms with Crippen molar-refractivity contribution in [3.63, 3.8) is 0 Å². The molecular formula is C21H20ClO3P. The van der Waals surface area contributed by atoms with E-state index in [0.717, 1.165) is 11.1 Å². The third-order valence-electron chi connectivity index (χ3n) is 4.22. The number of benzene rings is 3. The maximum atomic E-state index is 12.7. The standard InChI is InChI=1S/C21H20ClO3P/c1-21(2,17-11-5-3-6-12-17)19-15-9-10-16-20(19)25-26(22,23)24-18-13-7-4-8-14-18/h3-16H,1-2H3. The van der Waals surface area contributed by atoms with Crippen molar-refractivity contribution >= 4 is 18.2 Å². The summed E-state index contributed by atoms with van der Waals surface area (Å²) in [6, 6.07) is 26.3. The van der Waals surface area contributed by atoms with E-state index in [1.807, 2.05) is 42.5 Å². The van der Waals surface area contributed by atoms with Gasteiger partial charge in [0.05, 0.1) is 0 Å². The van der Waals surface area contributed by atoms with Crippen molar-refractivity contribution in [1.29, 1.82) is 0 Å². The number of halogens is 1. The molecular weight excluding hydrogens is 367 g/mol. The van der Waals surface area contributed by atoms with Crippen molar-refractivity contribution in [2.75, 3.05) is 0 Å². The Balaban J connectivity index is 1.91. The Morgan fingerprint density at radius 3 is 1.96 bits per heavy atom. The van der Waals surface area contributed by atoms with E-state index in [4.69, 9.17) is 20.3 Å². The van der Waals surface area contributed by atoms with Crippen LogP contribution in [0.5, 0.6) is 11.5 Å². The molecule has 3 aromatic rings. The summed E-state index contributed by atoms with van der Waals surface area (Å²) in [6.07, 6.45) is 0. The molecule has 3 rings (SSSR count). The Hall–Kier alpha value is -2.22. The quantitative estimate of drug-likeness (QED) is 0.436. The average Bonchev–Trinajstić information content (AvgIpc) is 2.63. The molecule has 3 nitrogen and oxygen atoms in total. The van der Waals surface area contributed by atoms with Crippen molar-refractivity contribution < 1.29 is 13.6 Å². The van der Waals surface area contributed by atoms with E-state index in [1.165, 1.54) is 0 Å². The molecule has 0 saturated heterocycles. The molecule has 0 aliphatic carbocycles. The van der Waals surface area contributed by atoms with Crippen molar-refractivity contribution in [2.24, 2.45) is 0 Å². The van der Waals surface area contributed by atoms with Crippen molar-refractivity contribution in [3.05, 3.63) is 96.1 Å². The van der Waals surface area contributed by atoms with Crippen LogP contribution in [0, 0.1) is 0 Å². The van der Waals surface area contributed by atoms with Gasteiger partial charge in [-0.1, -0.05) is 80.6 Å². The predicted molar refractivity (Wildman–Crippen MR) is 106 cm³/mol. The SMILES string of the molecule is CC(C)(c1ccccc1)c1ccccc1OP(=O)(Cl)Oc1ccccc1. The minimum absolute atomic E-state index is 0.360. The summed E-state index contributed by atoms with van der Waals surface area (Å²) in [5.41, 5.74) is 1.63. The van der Waals surface area contributed by atoms with E-state index < -0.39 is 6.95 Å². The van der Waals surface area contributed by atoms with Crippen LogP contribution in [0.25, 0.3) is 0 Å². The van der Waals surface area contributed by atoms with E-state index in [-0.39, 0.29) is 5.41 Å². The number of hydrogen-bond acceptors (Lipinski definition) is 3. The van der Waals surface area contributed by atoms with Gasteiger partial charge in [-0.15, -0.1) is 0 Å². The molecule has 0 radical (unpaired) electrons. The van der Waals surface area contributed by atoms with Gasteiger partial charge in [-0.3, -0.25) is 0 Å². The first kappa shape index (κ1) is 18.6. The van der Waals surface area contributed by atoms with Gasteiger partial charge in [0, 0.05) is 22.2 Å². The molecule has 0 bridgehead atoms. The van der Waals surface area contributed by atoms with E-state index in [0.29, 0.717) is 11.5 Å². The molecule has 0 spiro atoms. The second-order valence-corrected chi connectivity index (χ2v) is 8.88. The van der Waals surface area contributed by atoms with Gasteiger partial charge in [-0.2, -0.15) is 0 Å². The van der Waals surface area contributed by atoms with E-state index in [2.05, 4.69) is 26.0 Å². The van der Waals surface area contributed by atoms with Crippen LogP contribution >= 0.6 is 18.2 Å². The van der Waals surface area contributed by atoms with Crippen LogP contribution in [0.1, 0.15) is 25.0 Å². The van der Waals surface area contributed by atoms with Crippen LogP contribution in [0.15, 0.2) is 84.9 Å². The van der Waals surface area contributed by atoms with Crippen LogP contribution in [0.3, 0.4) is 0 Å². The molecule has 0 amide bonds. The maximum Gasteiger partial charge on any atom is 0.530 e. The van der Waals surface area contributed by atoms with Crippen molar-refractivity contribution in [3.8, 4) is 11.5 Å². The Morgan fingerprint density at radius 2 is 1.31 bits per heavy atom. The topological polar surface area (TPSA) is 35.5 Å². The molecule has 134 valence electrons. The summed E-state index contributed by atoms with van der Waals surface area (Å²) >= 11 is 6.08. The van der Waals surface area contributed by atoms with Gasteiger partial charge in [-0.25, -0.2) is 4.57 Å². The van der Waals surface area contributed by atoms with Crippen molar-refractivity contribution in [1.82, 2.24) is 0 Å². The zero-order valence-corrected chi connectivity index (χ0v) is 16.3.